The van der Waals surface area contributed by atoms with Crippen LogP contribution < -0.4 is 21.3 Å². The normalized spacial score (nSPS) is 19.3. The molecule has 0 spiro atoms. The molecule has 1 aromatic heterocycles. The van der Waals surface area contributed by atoms with Gasteiger partial charge in [0.15, 0.2) is 17.3 Å². The molecule has 3 aromatic rings. The van der Waals surface area contributed by atoms with Gasteiger partial charge in [-0.1, -0.05) is 24.3 Å². The van der Waals surface area contributed by atoms with E-state index < -0.39 is 11.5 Å². The lowest BCUT2D eigenvalue weighted by Crippen LogP contribution is -2.52. The summed E-state index contributed by atoms with van der Waals surface area (Å²) < 4.78 is 5.57. The van der Waals surface area contributed by atoms with E-state index in [1.54, 1.807) is 13.8 Å². The van der Waals surface area contributed by atoms with Crippen LogP contribution in [0.3, 0.4) is 0 Å². The molecular weight excluding hydrogens is 580 g/mol. The van der Waals surface area contributed by atoms with E-state index in [1.807, 2.05) is 36.4 Å². The van der Waals surface area contributed by atoms with Gasteiger partial charge in [0.25, 0.3) is 5.91 Å². The Morgan fingerprint density at radius 3 is 2.24 bits per heavy atom. The minimum atomic E-state index is -1.14. The van der Waals surface area contributed by atoms with Crippen molar-refractivity contribution in [2.45, 2.75) is 57.2 Å². The summed E-state index contributed by atoms with van der Waals surface area (Å²) in [6.45, 7) is 11.5. The molecule has 3 saturated heterocycles. The number of primary amides is 1. The van der Waals surface area contributed by atoms with Gasteiger partial charge in [-0.2, -0.15) is 0 Å². The molecule has 3 aliphatic heterocycles. The summed E-state index contributed by atoms with van der Waals surface area (Å²) >= 11 is 0. The quantitative estimate of drug-likeness (QED) is 0.276. The van der Waals surface area contributed by atoms with Crippen LogP contribution in [0.25, 0.3) is 11.3 Å². The van der Waals surface area contributed by atoms with Crippen LogP contribution in [0.2, 0.25) is 0 Å². The Balaban J connectivity index is 1.24. The average molecular weight is 629 g/mol. The smallest absolute Gasteiger partial charge is 0.271 e. The third-order valence-corrected chi connectivity index (χ3v) is 9.55. The molecule has 11 nitrogen and oxygen atoms in total. The molecule has 46 heavy (non-hydrogen) atoms. The van der Waals surface area contributed by atoms with Crippen molar-refractivity contribution in [1.29, 1.82) is 0 Å². The van der Waals surface area contributed by atoms with Crippen LogP contribution in [0.1, 0.15) is 55.6 Å². The zero-order valence-electron chi connectivity index (χ0n) is 27.3. The molecule has 0 bridgehead atoms. The van der Waals surface area contributed by atoms with E-state index in [0.29, 0.717) is 41.9 Å². The number of amides is 1. The number of anilines is 4. The van der Waals surface area contributed by atoms with Gasteiger partial charge in [-0.25, -0.2) is 9.97 Å². The molecule has 0 atom stereocenters. The predicted octanol–water partition coefficient (Wildman–Crippen LogP) is 4.02. The highest BCUT2D eigenvalue weighted by Gasteiger charge is 2.28. The fourth-order valence-electron chi connectivity index (χ4n) is 6.81. The van der Waals surface area contributed by atoms with Crippen molar-refractivity contribution in [3.05, 3.63) is 59.8 Å². The number of ether oxygens (including phenoxy) is 1. The van der Waals surface area contributed by atoms with Crippen LogP contribution in [-0.4, -0.2) is 102 Å². The number of hydrogen-bond donors (Lipinski definition) is 4. The molecule has 3 fully saturated rings. The van der Waals surface area contributed by atoms with Crippen molar-refractivity contribution in [2.75, 3.05) is 75.1 Å². The Kier molecular flexibility index (Phi) is 9.74. The number of rotatable bonds is 9. The fraction of sp³-hybridized carbons (Fsp3) is 0.514. The number of carbonyl (C=O) groups excluding carboxylic acids is 1. The maximum Gasteiger partial charge on any atom is 0.271 e. The number of nitrogens with zero attached hydrogens (tertiary/aromatic N) is 5. The Morgan fingerprint density at radius 2 is 1.59 bits per heavy atom. The van der Waals surface area contributed by atoms with Crippen molar-refractivity contribution in [3.63, 3.8) is 0 Å². The summed E-state index contributed by atoms with van der Waals surface area (Å²) in [4.78, 5) is 30.0. The lowest BCUT2D eigenvalue weighted by Gasteiger charge is -2.42. The number of piperazine rings is 1. The van der Waals surface area contributed by atoms with Crippen molar-refractivity contribution >= 4 is 28.9 Å². The first kappa shape index (κ1) is 32.2. The number of nitrogens with one attached hydrogen (secondary N) is 2. The number of carbonyl (C=O) groups is 1. The number of nitrogens with two attached hydrogens (primary N) is 1. The molecule has 0 saturated carbocycles. The van der Waals surface area contributed by atoms with Gasteiger partial charge in [0.2, 0.25) is 0 Å². The van der Waals surface area contributed by atoms with E-state index in [4.69, 9.17) is 20.4 Å². The van der Waals surface area contributed by atoms with Crippen molar-refractivity contribution in [3.8, 4) is 11.3 Å². The number of aliphatic hydroxyl groups is 1. The van der Waals surface area contributed by atoms with Gasteiger partial charge in [-0.3, -0.25) is 9.69 Å². The zero-order valence-corrected chi connectivity index (χ0v) is 27.3. The van der Waals surface area contributed by atoms with Gasteiger partial charge in [0.1, 0.15) is 5.69 Å². The van der Waals surface area contributed by atoms with Crippen LogP contribution in [0.5, 0.6) is 0 Å². The summed E-state index contributed by atoms with van der Waals surface area (Å²) in [7, 11) is 2.21. The van der Waals surface area contributed by atoms with Gasteiger partial charge in [0.05, 0.1) is 5.60 Å². The third-order valence-electron chi connectivity index (χ3n) is 9.55. The predicted molar refractivity (Wildman–Crippen MR) is 183 cm³/mol. The standard InChI is InChI=1S/C35H48N8O3/c1-35(2,45)29-7-5-4-6-28(29)30-33(38-25-14-22-46-23-15-25)40-34(31(39-30)32(36)44)37-24-8-10-26(11-9-24)42-16-12-27(13-17-42)43-20-18-41(3)19-21-43/h4-11,25,27,45H,12-23H2,1-3H3,(H2,36,44)(H2,37,38,40). The van der Waals surface area contributed by atoms with Gasteiger partial charge < -0.3 is 36.0 Å². The Bertz CT molecular complexity index is 1490. The number of hydrogen-bond acceptors (Lipinski definition) is 10. The average Bonchev–Trinajstić information content (AvgIpc) is 3.06. The summed E-state index contributed by atoms with van der Waals surface area (Å²) in [5, 5.41) is 17.9. The Hall–Kier alpha value is -3.77. The first-order valence-corrected chi connectivity index (χ1v) is 16.6. The number of likely N-dealkylation sites (N-methyl/N-ethyl adjacent to an activating group) is 1. The minimum Gasteiger partial charge on any atom is -0.386 e. The van der Waals surface area contributed by atoms with Crippen LogP contribution in [0.15, 0.2) is 48.5 Å². The molecule has 6 rings (SSSR count). The summed E-state index contributed by atoms with van der Waals surface area (Å²) in [5.74, 6) is 0.123. The Morgan fingerprint density at radius 1 is 0.913 bits per heavy atom. The number of benzene rings is 2. The number of aromatic nitrogens is 2. The van der Waals surface area contributed by atoms with E-state index in [0.717, 1.165) is 57.8 Å². The fourth-order valence-corrected chi connectivity index (χ4v) is 6.81. The first-order valence-electron chi connectivity index (χ1n) is 16.6. The van der Waals surface area contributed by atoms with Crippen molar-refractivity contribution in [1.82, 2.24) is 19.8 Å². The molecule has 0 aliphatic carbocycles. The topological polar surface area (TPSA) is 132 Å². The molecular formula is C35H48N8O3. The third kappa shape index (κ3) is 7.44. The van der Waals surface area contributed by atoms with Crippen molar-refractivity contribution in [2.24, 2.45) is 5.73 Å². The molecule has 3 aliphatic rings. The molecule has 11 heteroatoms. The highest BCUT2D eigenvalue weighted by Crippen LogP contribution is 2.36. The zero-order chi connectivity index (χ0) is 32.3. The monoisotopic (exact) mass is 628 g/mol. The van der Waals surface area contributed by atoms with Gasteiger partial charge in [-0.15, -0.1) is 0 Å². The van der Waals surface area contributed by atoms with Gasteiger partial charge in [0, 0.05) is 81.5 Å². The van der Waals surface area contributed by atoms with E-state index in [-0.39, 0.29) is 17.6 Å². The minimum absolute atomic E-state index is 0.0353. The molecule has 246 valence electrons. The van der Waals surface area contributed by atoms with Crippen molar-refractivity contribution < 1.29 is 14.6 Å². The van der Waals surface area contributed by atoms with Crippen LogP contribution >= 0.6 is 0 Å². The number of piperidine rings is 1. The van der Waals surface area contributed by atoms with Crippen LogP contribution in [-0.2, 0) is 10.3 Å². The highest BCUT2D eigenvalue weighted by atomic mass is 16.5. The second kappa shape index (κ2) is 13.9. The molecule has 2 aromatic carbocycles. The SMILES string of the molecule is CN1CCN(C2CCN(c3ccc(Nc4nc(NC5CCOCC5)c(-c5ccccc5C(C)(C)O)nc4C(N)=O)cc3)CC2)CC1. The summed E-state index contributed by atoms with van der Waals surface area (Å²) in [6, 6.07) is 16.6. The van der Waals surface area contributed by atoms with Crippen LogP contribution in [0, 0.1) is 0 Å². The summed E-state index contributed by atoms with van der Waals surface area (Å²) in [5.41, 5.74) is 8.59. The first-order chi connectivity index (χ1) is 22.2. The lowest BCUT2D eigenvalue weighted by atomic mass is 9.91. The molecule has 1 amide bonds. The van der Waals surface area contributed by atoms with Gasteiger partial charge >= 0.3 is 0 Å². The Labute approximate surface area is 272 Å². The van der Waals surface area contributed by atoms with Crippen LogP contribution in [0.4, 0.5) is 23.0 Å². The lowest BCUT2D eigenvalue weighted by molar-refractivity contribution is 0.0792. The molecule has 5 N–H and O–H groups in total. The maximum atomic E-state index is 12.8. The molecule has 4 heterocycles. The van der Waals surface area contributed by atoms with E-state index in [2.05, 4.69) is 44.5 Å². The van der Waals surface area contributed by atoms with Gasteiger partial charge in [-0.05, 0) is 76.4 Å². The summed E-state index contributed by atoms with van der Waals surface area (Å²) in [6.07, 6.45) is 3.99. The van der Waals surface area contributed by atoms with E-state index in [1.165, 1.54) is 18.5 Å². The maximum absolute atomic E-state index is 12.8. The molecule has 0 radical (unpaired) electrons. The molecule has 0 unspecified atom stereocenters. The second-order valence-corrected chi connectivity index (χ2v) is 13.3. The highest BCUT2D eigenvalue weighted by molar-refractivity contribution is 5.98. The second-order valence-electron chi connectivity index (χ2n) is 13.3. The van der Waals surface area contributed by atoms with E-state index >= 15 is 0 Å². The largest absolute Gasteiger partial charge is 0.386 e. The van der Waals surface area contributed by atoms with E-state index in [9.17, 15) is 9.90 Å².